The number of nitrogens with zero attached hydrogens (tertiary/aromatic N) is 1. The van der Waals surface area contributed by atoms with Crippen molar-refractivity contribution >= 4 is 42.8 Å². The molecule has 1 aromatic heterocycles. The molecule has 3 rings (SSSR count). The predicted octanol–water partition coefficient (Wildman–Crippen LogP) is 3.28. The second-order valence-corrected chi connectivity index (χ2v) is 9.06. The summed E-state index contributed by atoms with van der Waals surface area (Å²) in [4.78, 5) is 12.1. The van der Waals surface area contributed by atoms with Crippen molar-refractivity contribution in [3.8, 4) is 0 Å². The molecular formula is C20H22BrN3O3S. The summed E-state index contributed by atoms with van der Waals surface area (Å²) in [5, 5.41) is 4.03. The van der Waals surface area contributed by atoms with Gasteiger partial charge in [-0.3, -0.25) is 4.79 Å². The van der Waals surface area contributed by atoms with E-state index in [1.54, 1.807) is 12.1 Å². The number of aryl methyl sites for hydroxylation is 1. The number of para-hydroxylation sites is 1. The molecule has 0 atom stereocenters. The molecule has 2 N–H and O–H groups in total. The molecule has 0 aliphatic heterocycles. The van der Waals surface area contributed by atoms with Crippen molar-refractivity contribution in [2.24, 2.45) is 0 Å². The number of carbonyl (C=O) groups excluding carboxylic acids is 1. The molecule has 0 radical (unpaired) electrons. The lowest BCUT2D eigenvalue weighted by Crippen LogP contribution is -2.31. The zero-order chi connectivity index (χ0) is 20.0. The number of benzene rings is 2. The summed E-state index contributed by atoms with van der Waals surface area (Å²) >= 11 is 3.27. The second-order valence-electron chi connectivity index (χ2n) is 6.37. The average molecular weight is 464 g/mol. The molecule has 2 aromatic carbocycles. The van der Waals surface area contributed by atoms with Crippen LogP contribution in [-0.4, -0.2) is 32.0 Å². The lowest BCUT2D eigenvalue weighted by Gasteiger charge is -2.09. The van der Waals surface area contributed by atoms with Gasteiger partial charge in [0, 0.05) is 42.2 Å². The summed E-state index contributed by atoms with van der Waals surface area (Å²) in [5.74, 6) is -0.170. The number of hydrogen-bond donors (Lipinski definition) is 2. The quantitative estimate of drug-likeness (QED) is 0.477. The minimum atomic E-state index is -3.60. The Morgan fingerprint density at radius 3 is 2.54 bits per heavy atom. The van der Waals surface area contributed by atoms with Gasteiger partial charge in [0.15, 0.2) is 0 Å². The molecular weight excluding hydrogens is 442 g/mol. The maximum Gasteiger partial charge on any atom is 0.240 e. The number of fused-ring (bicyclic) bond motifs is 1. The molecule has 8 heteroatoms. The van der Waals surface area contributed by atoms with Gasteiger partial charge in [-0.15, -0.1) is 0 Å². The molecule has 0 aliphatic carbocycles. The number of halogens is 1. The SMILES string of the molecule is O=C(CCNS(=O)(=O)c1ccc(Br)cc1)NCCCn1ccc2ccccc21. The molecule has 0 unspecified atom stereocenters. The van der Waals surface area contributed by atoms with Gasteiger partial charge in [0.1, 0.15) is 0 Å². The molecule has 148 valence electrons. The molecule has 0 aliphatic rings. The zero-order valence-electron chi connectivity index (χ0n) is 15.3. The maximum atomic E-state index is 12.2. The number of amides is 1. The van der Waals surface area contributed by atoms with Crippen LogP contribution in [0.15, 0.2) is 70.2 Å². The maximum absolute atomic E-state index is 12.2. The second kappa shape index (κ2) is 9.36. The summed E-state index contributed by atoms with van der Waals surface area (Å²) in [7, 11) is -3.60. The molecule has 0 fully saturated rings. The van der Waals surface area contributed by atoms with Crippen LogP contribution >= 0.6 is 15.9 Å². The van der Waals surface area contributed by atoms with Crippen LogP contribution in [-0.2, 0) is 21.4 Å². The zero-order valence-corrected chi connectivity index (χ0v) is 17.7. The smallest absolute Gasteiger partial charge is 0.240 e. The highest BCUT2D eigenvalue weighted by atomic mass is 79.9. The number of carbonyl (C=O) groups is 1. The van der Waals surface area contributed by atoms with Crippen molar-refractivity contribution in [1.29, 1.82) is 0 Å². The van der Waals surface area contributed by atoms with E-state index in [0.717, 1.165) is 17.4 Å². The van der Waals surface area contributed by atoms with Crippen molar-refractivity contribution < 1.29 is 13.2 Å². The average Bonchev–Trinajstić information content (AvgIpc) is 3.09. The summed E-state index contributed by atoms with van der Waals surface area (Å²) < 4.78 is 29.7. The minimum Gasteiger partial charge on any atom is -0.356 e. The first kappa shape index (κ1) is 20.6. The van der Waals surface area contributed by atoms with Crippen LogP contribution in [0.5, 0.6) is 0 Å². The Morgan fingerprint density at radius 1 is 1.00 bits per heavy atom. The highest BCUT2D eigenvalue weighted by Gasteiger charge is 2.13. The highest BCUT2D eigenvalue weighted by molar-refractivity contribution is 9.10. The fourth-order valence-corrected chi connectivity index (χ4v) is 4.19. The monoisotopic (exact) mass is 463 g/mol. The Labute approximate surface area is 173 Å². The number of hydrogen-bond acceptors (Lipinski definition) is 3. The van der Waals surface area contributed by atoms with E-state index in [0.29, 0.717) is 6.54 Å². The van der Waals surface area contributed by atoms with Crippen LogP contribution in [0.25, 0.3) is 10.9 Å². The Hall–Kier alpha value is -2.16. The van der Waals surface area contributed by atoms with E-state index in [2.05, 4.69) is 48.7 Å². The predicted molar refractivity (Wildman–Crippen MR) is 114 cm³/mol. The molecule has 6 nitrogen and oxygen atoms in total. The van der Waals surface area contributed by atoms with Gasteiger partial charge in [0.05, 0.1) is 4.90 Å². The van der Waals surface area contributed by atoms with Gasteiger partial charge in [-0.2, -0.15) is 0 Å². The first-order valence-electron chi connectivity index (χ1n) is 9.01. The summed E-state index contributed by atoms with van der Waals surface area (Å²) in [6, 6.07) is 16.6. The van der Waals surface area contributed by atoms with Crippen LogP contribution in [0, 0.1) is 0 Å². The molecule has 0 bridgehead atoms. The van der Waals surface area contributed by atoms with Crippen molar-refractivity contribution in [3.05, 3.63) is 65.3 Å². The molecule has 0 saturated carbocycles. The minimum absolute atomic E-state index is 0.0620. The standard InChI is InChI=1S/C20H22BrN3O3S/c21-17-6-8-18(9-7-17)28(26,27)23-13-10-20(25)22-12-3-14-24-15-11-16-4-1-2-5-19(16)24/h1-2,4-9,11,15,23H,3,10,12-14H2,(H,22,25). The third kappa shape index (κ3) is 5.43. The van der Waals surface area contributed by atoms with E-state index in [1.165, 1.54) is 23.0 Å². The van der Waals surface area contributed by atoms with Crippen LogP contribution in [0.2, 0.25) is 0 Å². The topological polar surface area (TPSA) is 80.2 Å². The van der Waals surface area contributed by atoms with Gasteiger partial charge < -0.3 is 9.88 Å². The molecule has 1 heterocycles. The van der Waals surface area contributed by atoms with Crippen molar-refractivity contribution in [3.63, 3.8) is 0 Å². The van der Waals surface area contributed by atoms with E-state index in [1.807, 2.05) is 18.3 Å². The van der Waals surface area contributed by atoms with Crippen molar-refractivity contribution in [1.82, 2.24) is 14.6 Å². The largest absolute Gasteiger partial charge is 0.356 e. The van der Waals surface area contributed by atoms with Crippen molar-refractivity contribution in [2.45, 2.75) is 24.3 Å². The molecule has 28 heavy (non-hydrogen) atoms. The van der Waals surface area contributed by atoms with Gasteiger partial charge in [0.25, 0.3) is 0 Å². The Bertz CT molecular complexity index is 1050. The molecule has 0 saturated heterocycles. The van der Waals surface area contributed by atoms with Gasteiger partial charge in [0.2, 0.25) is 15.9 Å². The first-order valence-corrected chi connectivity index (χ1v) is 11.3. The number of nitrogens with one attached hydrogen (secondary N) is 2. The molecule has 1 amide bonds. The lowest BCUT2D eigenvalue weighted by molar-refractivity contribution is -0.120. The Balaban J connectivity index is 1.37. The number of aromatic nitrogens is 1. The normalized spacial score (nSPS) is 11.6. The summed E-state index contributed by atoms with van der Waals surface area (Å²) in [6.07, 6.45) is 2.95. The fourth-order valence-electron chi connectivity index (χ4n) is 2.90. The number of sulfonamides is 1. The van der Waals surface area contributed by atoms with E-state index < -0.39 is 10.0 Å². The van der Waals surface area contributed by atoms with E-state index in [4.69, 9.17) is 0 Å². The van der Waals surface area contributed by atoms with Crippen molar-refractivity contribution in [2.75, 3.05) is 13.1 Å². The third-order valence-corrected chi connectivity index (χ3v) is 6.35. The van der Waals surface area contributed by atoms with Crippen LogP contribution < -0.4 is 10.0 Å². The fraction of sp³-hybridized carbons (Fsp3) is 0.250. The van der Waals surface area contributed by atoms with Gasteiger partial charge in [-0.1, -0.05) is 34.1 Å². The third-order valence-electron chi connectivity index (χ3n) is 4.35. The van der Waals surface area contributed by atoms with E-state index in [-0.39, 0.29) is 23.8 Å². The van der Waals surface area contributed by atoms with E-state index in [9.17, 15) is 13.2 Å². The number of rotatable bonds is 9. The summed E-state index contributed by atoms with van der Waals surface area (Å²) in [6.45, 7) is 1.42. The lowest BCUT2D eigenvalue weighted by atomic mass is 10.2. The van der Waals surface area contributed by atoms with Gasteiger partial charge in [-0.25, -0.2) is 13.1 Å². The molecule has 0 spiro atoms. The van der Waals surface area contributed by atoms with Gasteiger partial charge in [-0.05, 0) is 48.2 Å². The van der Waals surface area contributed by atoms with Gasteiger partial charge >= 0.3 is 0 Å². The van der Waals surface area contributed by atoms with Crippen LogP contribution in [0.3, 0.4) is 0 Å². The Kier molecular flexibility index (Phi) is 6.88. The van der Waals surface area contributed by atoms with Crippen LogP contribution in [0.4, 0.5) is 0 Å². The van der Waals surface area contributed by atoms with E-state index >= 15 is 0 Å². The highest BCUT2D eigenvalue weighted by Crippen LogP contribution is 2.15. The summed E-state index contributed by atoms with van der Waals surface area (Å²) in [5.41, 5.74) is 1.18. The Morgan fingerprint density at radius 2 is 1.75 bits per heavy atom. The first-order chi connectivity index (χ1) is 13.5. The molecule has 3 aromatic rings. The van der Waals surface area contributed by atoms with Crippen LogP contribution in [0.1, 0.15) is 12.8 Å².